The summed E-state index contributed by atoms with van der Waals surface area (Å²) in [5.41, 5.74) is 2.37. The van der Waals surface area contributed by atoms with E-state index in [0.29, 0.717) is 23.7 Å². The number of nitrogens with zero attached hydrogens (tertiary/aromatic N) is 3. The fraction of sp³-hybridized carbons (Fsp3) is 0.409. The molecule has 0 saturated heterocycles. The number of aromatic nitrogens is 3. The number of hydrogen-bond donors (Lipinski definition) is 2. The standard InChI is InChI=1S/C22H25F2N5O/c1-2-29-21-16(13-27-29)20(28-15-6-4-3-5-7-15)17(12-25-21)22(30)26-11-14-8-9-18(23)19(24)10-14/h8-10,12-13,15H,2-7,11H2,1H3,(H,25,28)(H,26,30). The molecule has 0 radical (unpaired) electrons. The summed E-state index contributed by atoms with van der Waals surface area (Å²) in [7, 11) is 0. The highest BCUT2D eigenvalue weighted by Gasteiger charge is 2.22. The number of rotatable bonds is 6. The van der Waals surface area contributed by atoms with Gasteiger partial charge in [-0.05, 0) is 37.5 Å². The Labute approximate surface area is 173 Å². The number of aryl methyl sites for hydroxylation is 1. The molecule has 0 bridgehead atoms. The average molecular weight is 413 g/mol. The number of fused-ring (bicyclic) bond motifs is 1. The van der Waals surface area contributed by atoms with Gasteiger partial charge in [-0.2, -0.15) is 5.10 Å². The Bertz CT molecular complexity index is 1060. The molecule has 8 heteroatoms. The molecule has 0 spiro atoms. The van der Waals surface area contributed by atoms with E-state index in [9.17, 15) is 13.6 Å². The third kappa shape index (κ3) is 4.13. The minimum absolute atomic E-state index is 0.0885. The van der Waals surface area contributed by atoms with Crippen molar-refractivity contribution < 1.29 is 13.6 Å². The first-order chi connectivity index (χ1) is 14.6. The summed E-state index contributed by atoms with van der Waals surface area (Å²) < 4.78 is 28.4. The first kappa shape index (κ1) is 20.3. The van der Waals surface area contributed by atoms with Gasteiger partial charge in [-0.3, -0.25) is 4.79 Å². The van der Waals surface area contributed by atoms with Crippen LogP contribution in [0.3, 0.4) is 0 Å². The van der Waals surface area contributed by atoms with Crippen LogP contribution >= 0.6 is 0 Å². The number of amides is 1. The zero-order chi connectivity index (χ0) is 21.1. The smallest absolute Gasteiger partial charge is 0.255 e. The van der Waals surface area contributed by atoms with Gasteiger partial charge in [0.05, 0.1) is 22.8 Å². The number of carbonyl (C=O) groups excluding carboxylic acids is 1. The van der Waals surface area contributed by atoms with E-state index in [4.69, 9.17) is 0 Å². The number of nitrogens with one attached hydrogen (secondary N) is 2. The first-order valence-corrected chi connectivity index (χ1v) is 10.4. The summed E-state index contributed by atoms with van der Waals surface area (Å²) in [6, 6.07) is 3.89. The topological polar surface area (TPSA) is 71.8 Å². The van der Waals surface area contributed by atoms with E-state index >= 15 is 0 Å². The van der Waals surface area contributed by atoms with Crippen LogP contribution in [0.4, 0.5) is 14.5 Å². The second-order valence-electron chi connectivity index (χ2n) is 7.65. The van der Waals surface area contributed by atoms with Crippen LogP contribution in [0.15, 0.2) is 30.6 Å². The summed E-state index contributed by atoms with van der Waals surface area (Å²) >= 11 is 0. The molecule has 2 heterocycles. The molecule has 30 heavy (non-hydrogen) atoms. The van der Waals surface area contributed by atoms with Gasteiger partial charge < -0.3 is 10.6 Å². The van der Waals surface area contributed by atoms with Crippen molar-refractivity contribution in [1.29, 1.82) is 0 Å². The lowest BCUT2D eigenvalue weighted by atomic mass is 9.95. The molecule has 158 valence electrons. The van der Waals surface area contributed by atoms with E-state index in [1.165, 1.54) is 12.5 Å². The Hall–Kier alpha value is -3.03. The molecule has 1 fully saturated rings. The summed E-state index contributed by atoms with van der Waals surface area (Å²) in [5.74, 6) is -2.17. The predicted molar refractivity (Wildman–Crippen MR) is 111 cm³/mol. The molecular weight excluding hydrogens is 388 g/mol. The van der Waals surface area contributed by atoms with E-state index in [2.05, 4.69) is 20.7 Å². The largest absolute Gasteiger partial charge is 0.381 e. The maximum absolute atomic E-state index is 13.4. The fourth-order valence-electron chi connectivity index (χ4n) is 3.96. The van der Waals surface area contributed by atoms with Crippen LogP contribution in [0.2, 0.25) is 0 Å². The van der Waals surface area contributed by atoms with Crippen molar-refractivity contribution in [3.63, 3.8) is 0 Å². The molecule has 1 aliphatic rings. The number of benzene rings is 1. The molecule has 0 aliphatic heterocycles. The molecule has 1 amide bonds. The Kier molecular flexibility index (Phi) is 5.92. The van der Waals surface area contributed by atoms with Crippen molar-refractivity contribution in [2.45, 2.75) is 58.2 Å². The molecular formula is C22H25F2N5O. The maximum Gasteiger partial charge on any atom is 0.255 e. The second-order valence-corrected chi connectivity index (χ2v) is 7.65. The molecule has 1 aromatic carbocycles. The van der Waals surface area contributed by atoms with E-state index in [0.717, 1.165) is 54.5 Å². The van der Waals surface area contributed by atoms with Crippen molar-refractivity contribution >= 4 is 22.6 Å². The van der Waals surface area contributed by atoms with Crippen molar-refractivity contribution in [3.8, 4) is 0 Å². The first-order valence-electron chi connectivity index (χ1n) is 10.4. The van der Waals surface area contributed by atoms with Gasteiger partial charge in [0.2, 0.25) is 0 Å². The van der Waals surface area contributed by atoms with Gasteiger partial charge in [0.1, 0.15) is 0 Å². The van der Waals surface area contributed by atoms with Crippen LogP contribution in [-0.2, 0) is 13.1 Å². The van der Waals surface area contributed by atoms with E-state index in [-0.39, 0.29) is 12.5 Å². The lowest BCUT2D eigenvalue weighted by molar-refractivity contribution is 0.0951. The maximum atomic E-state index is 13.4. The van der Waals surface area contributed by atoms with Crippen molar-refractivity contribution in [1.82, 2.24) is 20.1 Å². The summed E-state index contributed by atoms with van der Waals surface area (Å²) in [6.45, 7) is 2.76. The second kappa shape index (κ2) is 8.77. The van der Waals surface area contributed by atoms with Crippen molar-refractivity contribution in [2.75, 3.05) is 5.32 Å². The van der Waals surface area contributed by atoms with Crippen LogP contribution in [0.1, 0.15) is 54.9 Å². The van der Waals surface area contributed by atoms with E-state index in [1.54, 1.807) is 17.1 Å². The molecule has 1 aliphatic carbocycles. The Morgan fingerprint density at radius 3 is 2.70 bits per heavy atom. The Balaban J connectivity index is 1.61. The number of carbonyl (C=O) groups is 1. The molecule has 0 unspecified atom stereocenters. The average Bonchev–Trinajstić information content (AvgIpc) is 3.19. The van der Waals surface area contributed by atoms with Gasteiger partial charge in [0.25, 0.3) is 5.91 Å². The highest BCUT2D eigenvalue weighted by Crippen LogP contribution is 2.30. The highest BCUT2D eigenvalue weighted by molar-refractivity contribution is 6.06. The quantitative estimate of drug-likeness (QED) is 0.628. The van der Waals surface area contributed by atoms with Crippen molar-refractivity contribution in [2.24, 2.45) is 0 Å². The molecule has 1 saturated carbocycles. The SMILES string of the molecule is CCn1ncc2c(NC3CCCCC3)c(C(=O)NCc3ccc(F)c(F)c3)cnc21. The summed E-state index contributed by atoms with van der Waals surface area (Å²) in [6.07, 6.45) is 8.98. The molecule has 0 atom stereocenters. The van der Waals surface area contributed by atoms with Crippen LogP contribution in [0, 0.1) is 11.6 Å². The zero-order valence-corrected chi connectivity index (χ0v) is 16.9. The zero-order valence-electron chi connectivity index (χ0n) is 16.9. The molecule has 6 nitrogen and oxygen atoms in total. The highest BCUT2D eigenvalue weighted by atomic mass is 19.2. The van der Waals surface area contributed by atoms with Gasteiger partial charge in [-0.25, -0.2) is 18.4 Å². The minimum Gasteiger partial charge on any atom is -0.381 e. The van der Waals surface area contributed by atoms with Crippen LogP contribution in [0.5, 0.6) is 0 Å². The van der Waals surface area contributed by atoms with E-state index < -0.39 is 11.6 Å². The molecule has 3 aromatic rings. The number of halogens is 2. The normalized spacial score (nSPS) is 14.8. The molecule has 2 N–H and O–H groups in total. The third-order valence-electron chi connectivity index (χ3n) is 5.60. The van der Waals surface area contributed by atoms with Crippen molar-refractivity contribution in [3.05, 3.63) is 53.4 Å². The van der Waals surface area contributed by atoms with Gasteiger partial charge in [-0.1, -0.05) is 25.3 Å². The van der Waals surface area contributed by atoms with Crippen LogP contribution in [0.25, 0.3) is 11.0 Å². The van der Waals surface area contributed by atoms with Gasteiger partial charge in [0, 0.05) is 25.3 Å². The fourth-order valence-corrected chi connectivity index (χ4v) is 3.96. The van der Waals surface area contributed by atoms with E-state index in [1.807, 2.05) is 6.92 Å². The number of anilines is 1. The van der Waals surface area contributed by atoms with Gasteiger partial charge in [-0.15, -0.1) is 0 Å². The number of hydrogen-bond acceptors (Lipinski definition) is 4. The van der Waals surface area contributed by atoms with Gasteiger partial charge in [0.15, 0.2) is 17.3 Å². The predicted octanol–water partition coefficient (Wildman–Crippen LogP) is 4.40. The molecule has 4 rings (SSSR count). The van der Waals surface area contributed by atoms with Crippen LogP contribution in [-0.4, -0.2) is 26.7 Å². The Morgan fingerprint density at radius 1 is 1.17 bits per heavy atom. The molecule has 2 aromatic heterocycles. The minimum atomic E-state index is -0.934. The lowest BCUT2D eigenvalue weighted by Gasteiger charge is -2.25. The van der Waals surface area contributed by atoms with Crippen LogP contribution < -0.4 is 10.6 Å². The Morgan fingerprint density at radius 2 is 1.97 bits per heavy atom. The lowest BCUT2D eigenvalue weighted by Crippen LogP contribution is -2.27. The monoisotopic (exact) mass is 413 g/mol. The van der Waals surface area contributed by atoms with Gasteiger partial charge >= 0.3 is 0 Å². The number of pyridine rings is 1. The third-order valence-corrected chi connectivity index (χ3v) is 5.60. The summed E-state index contributed by atoms with van der Waals surface area (Å²) in [4.78, 5) is 17.4. The summed E-state index contributed by atoms with van der Waals surface area (Å²) in [5, 5.41) is 11.5.